The first-order valence-corrected chi connectivity index (χ1v) is 6.88. The summed E-state index contributed by atoms with van der Waals surface area (Å²) < 4.78 is 0. The van der Waals surface area contributed by atoms with Gasteiger partial charge in [-0.2, -0.15) is 0 Å². The van der Waals surface area contributed by atoms with Crippen molar-refractivity contribution >= 4 is 11.0 Å². The van der Waals surface area contributed by atoms with Crippen LogP contribution in [0.25, 0.3) is 22.4 Å². The molecule has 1 aromatic carbocycles. The van der Waals surface area contributed by atoms with Crippen molar-refractivity contribution in [1.82, 2.24) is 15.0 Å². The Balaban J connectivity index is 1.99. The van der Waals surface area contributed by atoms with Crippen LogP contribution < -0.4 is 5.73 Å². The van der Waals surface area contributed by atoms with Crippen LogP contribution in [0.1, 0.15) is 24.8 Å². The molecule has 102 valence electrons. The molecular formula is C16H18N4. The number of rotatable bonds is 4. The molecule has 0 fully saturated rings. The summed E-state index contributed by atoms with van der Waals surface area (Å²) >= 11 is 0. The first-order valence-electron chi connectivity index (χ1n) is 6.88. The molecule has 2 heterocycles. The summed E-state index contributed by atoms with van der Waals surface area (Å²) in [5.41, 5.74) is 10.0. The fraction of sp³-hybridized carbons (Fsp3) is 0.250. The Morgan fingerprint density at radius 1 is 1.20 bits per heavy atom. The van der Waals surface area contributed by atoms with Gasteiger partial charge in [0.15, 0.2) is 0 Å². The highest BCUT2D eigenvalue weighted by molar-refractivity contribution is 5.80. The van der Waals surface area contributed by atoms with E-state index < -0.39 is 0 Å². The summed E-state index contributed by atoms with van der Waals surface area (Å²) in [7, 11) is 0. The standard InChI is InChI=1S/C16H18N4/c1-11(4-7-17)13-2-3-14-15(10-13)20-16(19-14)12-5-8-18-9-6-12/h2-3,5-6,8-11H,4,7,17H2,1H3,(H,19,20). The molecule has 2 aromatic heterocycles. The van der Waals surface area contributed by atoms with Gasteiger partial charge < -0.3 is 10.7 Å². The smallest absolute Gasteiger partial charge is 0.138 e. The second kappa shape index (κ2) is 5.43. The van der Waals surface area contributed by atoms with Gasteiger partial charge in [0, 0.05) is 18.0 Å². The number of aromatic nitrogens is 3. The van der Waals surface area contributed by atoms with E-state index in [9.17, 15) is 0 Å². The average Bonchev–Trinajstić information content (AvgIpc) is 2.91. The third-order valence-corrected chi connectivity index (χ3v) is 3.63. The highest BCUT2D eigenvalue weighted by Crippen LogP contribution is 2.25. The number of benzene rings is 1. The number of hydrogen-bond acceptors (Lipinski definition) is 3. The lowest BCUT2D eigenvalue weighted by Gasteiger charge is -2.09. The number of H-pyrrole nitrogens is 1. The quantitative estimate of drug-likeness (QED) is 0.762. The Bertz CT molecular complexity index is 703. The number of nitrogens with one attached hydrogen (secondary N) is 1. The zero-order chi connectivity index (χ0) is 13.9. The third kappa shape index (κ3) is 2.42. The molecule has 0 spiro atoms. The topological polar surface area (TPSA) is 67.6 Å². The molecule has 0 amide bonds. The van der Waals surface area contributed by atoms with Crippen molar-refractivity contribution < 1.29 is 0 Å². The highest BCUT2D eigenvalue weighted by Gasteiger charge is 2.09. The number of aromatic amines is 1. The Hall–Kier alpha value is -2.20. The van der Waals surface area contributed by atoms with Crippen LogP contribution in [0.3, 0.4) is 0 Å². The number of nitrogens with zero attached hydrogens (tertiary/aromatic N) is 2. The van der Waals surface area contributed by atoms with Gasteiger partial charge in [0.1, 0.15) is 5.82 Å². The van der Waals surface area contributed by atoms with Crippen LogP contribution in [-0.2, 0) is 0 Å². The minimum Gasteiger partial charge on any atom is -0.338 e. The van der Waals surface area contributed by atoms with Crippen LogP contribution in [0.15, 0.2) is 42.7 Å². The first-order chi connectivity index (χ1) is 9.78. The average molecular weight is 266 g/mol. The monoisotopic (exact) mass is 266 g/mol. The predicted octanol–water partition coefficient (Wildman–Crippen LogP) is 3.08. The fourth-order valence-corrected chi connectivity index (χ4v) is 2.40. The summed E-state index contributed by atoms with van der Waals surface area (Å²) in [4.78, 5) is 12.0. The minimum absolute atomic E-state index is 0.470. The maximum Gasteiger partial charge on any atom is 0.138 e. The molecule has 20 heavy (non-hydrogen) atoms. The number of hydrogen-bond donors (Lipinski definition) is 2. The lowest BCUT2D eigenvalue weighted by atomic mass is 9.97. The molecule has 0 bridgehead atoms. The van der Waals surface area contributed by atoms with Gasteiger partial charge in [0.2, 0.25) is 0 Å². The zero-order valence-electron chi connectivity index (χ0n) is 11.5. The Kier molecular flexibility index (Phi) is 3.48. The molecule has 0 aliphatic rings. The Morgan fingerprint density at radius 3 is 2.75 bits per heavy atom. The van der Waals surface area contributed by atoms with Gasteiger partial charge in [-0.15, -0.1) is 0 Å². The largest absolute Gasteiger partial charge is 0.338 e. The summed E-state index contributed by atoms with van der Waals surface area (Å²) in [5, 5.41) is 0. The van der Waals surface area contributed by atoms with Crippen LogP contribution in [0.5, 0.6) is 0 Å². The molecule has 0 radical (unpaired) electrons. The van der Waals surface area contributed by atoms with Crippen LogP contribution in [0.4, 0.5) is 0 Å². The maximum atomic E-state index is 5.63. The van der Waals surface area contributed by atoms with Gasteiger partial charge in [-0.25, -0.2) is 4.98 Å². The van der Waals surface area contributed by atoms with E-state index in [1.165, 1.54) is 5.56 Å². The molecule has 1 unspecified atom stereocenters. The number of nitrogens with two attached hydrogens (primary N) is 1. The highest BCUT2D eigenvalue weighted by atomic mass is 14.9. The van der Waals surface area contributed by atoms with E-state index in [1.807, 2.05) is 12.1 Å². The Labute approximate surface area is 118 Å². The summed E-state index contributed by atoms with van der Waals surface area (Å²) in [6, 6.07) is 10.3. The van der Waals surface area contributed by atoms with Gasteiger partial charge in [-0.1, -0.05) is 13.0 Å². The molecule has 0 saturated carbocycles. The van der Waals surface area contributed by atoms with E-state index in [0.29, 0.717) is 12.5 Å². The molecule has 0 aliphatic carbocycles. The van der Waals surface area contributed by atoms with Gasteiger partial charge in [-0.05, 0) is 48.7 Å². The molecule has 0 saturated heterocycles. The van der Waals surface area contributed by atoms with Crippen LogP contribution in [-0.4, -0.2) is 21.5 Å². The number of imidazole rings is 1. The van der Waals surface area contributed by atoms with Gasteiger partial charge in [0.25, 0.3) is 0 Å². The van der Waals surface area contributed by atoms with E-state index in [-0.39, 0.29) is 0 Å². The summed E-state index contributed by atoms with van der Waals surface area (Å²) in [6.45, 7) is 2.92. The summed E-state index contributed by atoms with van der Waals surface area (Å²) in [5.74, 6) is 1.35. The van der Waals surface area contributed by atoms with Crippen LogP contribution in [0.2, 0.25) is 0 Å². The fourth-order valence-electron chi connectivity index (χ4n) is 2.40. The lowest BCUT2D eigenvalue weighted by Crippen LogP contribution is -2.04. The number of pyridine rings is 1. The van der Waals surface area contributed by atoms with Gasteiger partial charge in [-0.3, -0.25) is 4.98 Å². The molecule has 3 rings (SSSR count). The normalized spacial score (nSPS) is 12.7. The Morgan fingerprint density at radius 2 is 2.00 bits per heavy atom. The van der Waals surface area contributed by atoms with Crippen molar-refractivity contribution in [2.45, 2.75) is 19.3 Å². The predicted molar refractivity (Wildman–Crippen MR) is 81.4 cm³/mol. The van der Waals surface area contributed by atoms with Crippen LogP contribution in [0, 0.1) is 0 Å². The third-order valence-electron chi connectivity index (χ3n) is 3.63. The molecular weight excluding hydrogens is 248 g/mol. The molecule has 4 heteroatoms. The van der Waals surface area contributed by atoms with Crippen molar-refractivity contribution in [3.05, 3.63) is 48.3 Å². The van der Waals surface area contributed by atoms with Crippen LogP contribution >= 0.6 is 0 Å². The van der Waals surface area contributed by atoms with Crippen molar-refractivity contribution in [2.75, 3.05) is 6.54 Å². The number of fused-ring (bicyclic) bond motifs is 1. The van der Waals surface area contributed by atoms with E-state index in [0.717, 1.165) is 28.8 Å². The molecule has 0 aliphatic heterocycles. The second-order valence-corrected chi connectivity index (χ2v) is 5.08. The van der Waals surface area contributed by atoms with Crippen molar-refractivity contribution in [1.29, 1.82) is 0 Å². The second-order valence-electron chi connectivity index (χ2n) is 5.08. The molecule has 3 N–H and O–H groups in total. The van der Waals surface area contributed by atoms with E-state index in [4.69, 9.17) is 5.73 Å². The minimum atomic E-state index is 0.470. The van der Waals surface area contributed by atoms with Crippen molar-refractivity contribution in [3.8, 4) is 11.4 Å². The first kappa shape index (κ1) is 12.8. The van der Waals surface area contributed by atoms with E-state index >= 15 is 0 Å². The lowest BCUT2D eigenvalue weighted by molar-refractivity contribution is 0.691. The summed E-state index contributed by atoms with van der Waals surface area (Å²) in [6.07, 6.45) is 4.55. The van der Waals surface area contributed by atoms with E-state index in [1.54, 1.807) is 12.4 Å². The maximum absolute atomic E-state index is 5.63. The van der Waals surface area contributed by atoms with Gasteiger partial charge >= 0.3 is 0 Å². The van der Waals surface area contributed by atoms with Crippen molar-refractivity contribution in [2.24, 2.45) is 5.73 Å². The zero-order valence-corrected chi connectivity index (χ0v) is 11.5. The van der Waals surface area contributed by atoms with E-state index in [2.05, 4.69) is 40.1 Å². The molecule has 4 nitrogen and oxygen atoms in total. The van der Waals surface area contributed by atoms with Gasteiger partial charge in [0.05, 0.1) is 11.0 Å². The molecule has 3 aromatic rings. The SMILES string of the molecule is CC(CCN)c1ccc2nc(-c3ccncc3)[nH]c2c1. The molecule has 1 atom stereocenters. The van der Waals surface area contributed by atoms with Crippen molar-refractivity contribution in [3.63, 3.8) is 0 Å².